The van der Waals surface area contributed by atoms with Crippen LogP contribution in [0.2, 0.25) is 0 Å². The number of fused-ring (bicyclic) bond motifs is 1. The van der Waals surface area contributed by atoms with Crippen LogP contribution in [0.1, 0.15) is 52.9 Å². The summed E-state index contributed by atoms with van der Waals surface area (Å²) in [4.78, 5) is 38.8. The van der Waals surface area contributed by atoms with Gasteiger partial charge in [0.15, 0.2) is 0 Å². The van der Waals surface area contributed by atoms with E-state index in [0.717, 1.165) is 8.99 Å². The number of benzene rings is 2. The van der Waals surface area contributed by atoms with Crippen LogP contribution in [0.3, 0.4) is 0 Å². The molecule has 2 aromatic carbocycles. The first-order valence-corrected chi connectivity index (χ1v) is 14.8. The minimum Gasteiger partial charge on any atom is -0.448 e. The Balaban J connectivity index is 1.53. The molecule has 5 rings (SSSR count). The van der Waals surface area contributed by atoms with Crippen molar-refractivity contribution in [1.29, 1.82) is 0 Å². The van der Waals surface area contributed by atoms with Crippen molar-refractivity contribution in [1.82, 2.24) is 18.7 Å². The number of sulfonamides is 1. The molecule has 1 aliphatic rings. The Bertz CT molecular complexity index is 1900. The van der Waals surface area contributed by atoms with Crippen LogP contribution in [0.15, 0.2) is 65.7 Å². The molecule has 4 aromatic rings. The molecule has 12 nitrogen and oxygen atoms in total. The second-order valence-electron chi connectivity index (χ2n) is 10.4. The van der Waals surface area contributed by atoms with Crippen LogP contribution >= 0.6 is 0 Å². The number of carbonyl (C=O) groups is 3. The normalized spacial score (nSPS) is 14.2. The Kier molecular flexibility index (Phi) is 7.86. The number of amides is 2. The van der Waals surface area contributed by atoms with Crippen molar-refractivity contribution in [2.45, 2.75) is 37.8 Å². The lowest BCUT2D eigenvalue weighted by atomic mass is 10.0. The summed E-state index contributed by atoms with van der Waals surface area (Å²) in [6.45, 7) is 4.18. The van der Waals surface area contributed by atoms with Crippen molar-refractivity contribution in [3.05, 3.63) is 94.9 Å². The lowest BCUT2D eigenvalue weighted by Gasteiger charge is -2.30. The van der Waals surface area contributed by atoms with E-state index in [9.17, 15) is 31.6 Å². The Labute approximate surface area is 251 Å². The smallest absolute Gasteiger partial charge is 0.436 e. The fourth-order valence-electron chi connectivity index (χ4n) is 5.03. The molecule has 3 heterocycles. The zero-order chi connectivity index (χ0) is 32.0. The summed E-state index contributed by atoms with van der Waals surface area (Å²) in [6, 6.07) is 11.5. The summed E-state index contributed by atoms with van der Waals surface area (Å²) < 4.78 is 63.7. The summed E-state index contributed by atoms with van der Waals surface area (Å²) in [5.41, 5.74) is -0.575. The highest BCUT2D eigenvalue weighted by molar-refractivity contribution is 7.89. The highest BCUT2D eigenvalue weighted by atomic mass is 32.2. The number of nitrogens with zero attached hydrogens (tertiary/aromatic N) is 4. The summed E-state index contributed by atoms with van der Waals surface area (Å²) in [7, 11) is -2.79. The predicted octanol–water partition coefficient (Wildman–Crippen LogP) is 4.45. The number of aryl methyl sites for hydroxylation is 1. The first kappa shape index (κ1) is 30.6. The summed E-state index contributed by atoms with van der Waals surface area (Å²) in [5.74, 6) is -3.52. The summed E-state index contributed by atoms with van der Waals surface area (Å²) in [6.07, 6.45) is 0.764. The van der Waals surface area contributed by atoms with Gasteiger partial charge in [-0.05, 0) is 57.2 Å². The van der Waals surface area contributed by atoms with Crippen LogP contribution < -0.4 is 10.6 Å². The van der Waals surface area contributed by atoms with Gasteiger partial charge in [0.1, 0.15) is 23.1 Å². The van der Waals surface area contributed by atoms with E-state index in [0.29, 0.717) is 23.9 Å². The van der Waals surface area contributed by atoms with E-state index in [4.69, 9.17) is 4.74 Å². The molecule has 2 aromatic heterocycles. The average Bonchev–Trinajstić information content (AvgIpc) is 3.62. The predicted molar refractivity (Wildman–Crippen MR) is 155 cm³/mol. The maximum absolute atomic E-state index is 14.0. The van der Waals surface area contributed by atoms with Crippen LogP contribution in [-0.2, 0) is 33.9 Å². The van der Waals surface area contributed by atoms with Crippen molar-refractivity contribution < 1.29 is 36.3 Å². The second-order valence-corrected chi connectivity index (χ2v) is 12.3. The number of hydrogen-bond donors (Lipinski definition) is 2. The van der Waals surface area contributed by atoms with Gasteiger partial charge in [-0.3, -0.25) is 9.59 Å². The van der Waals surface area contributed by atoms with Gasteiger partial charge >= 0.3 is 6.09 Å². The van der Waals surface area contributed by atoms with Crippen molar-refractivity contribution in [2.75, 3.05) is 17.2 Å². The molecule has 0 fully saturated rings. The number of aromatic nitrogens is 3. The quantitative estimate of drug-likeness (QED) is 0.308. The minimum atomic E-state index is -4.49. The van der Waals surface area contributed by atoms with Gasteiger partial charge in [-0.15, -0.1) is 4.68 Å². The molecule has 2 N–H and O–H groups in total. The molecule has 0 spiro atoms. The fraction of sp³-hybridized carbons (Fsp3) is 0.241. The van der Waals surface area contributed by atoms with E-state index in [1.54, 1.807) is 49.0 Å². The molecular weight excluding hydrogens is 598 g/mol. The molecule has 0 radical (unpaired) electrons. The third-order valence-electron chi connectivity index (χ3n) is 7.18. The molecule has 0 bridgehead atoms. The van der Waals surface area contributed by atoms with Gasteiger partial charge in [0, 0.05) is 31.4 Å². The number of carbonyl (C=O) groups excluding carboxylic acids is 3. The molecule has 2 amide bonds. The Morgan fingerprint density at radius 2 is 1.68 bits per heavy atom. The van der Waals surface area contributed by atoms with Crippen molar-refractivity contribution >= 4 is 39.4 Å². The SMILES string of the molecule is CCOC(=O)n1nc2c(c1NC(=O)c1ccccc1NC(=O)c1cccn1C)CN(S(=O)(=O)c1cc(F)cc(F)c1)C2(C)C. The second kappa shape index (κ2) is 11.3. The zero-order valence-electron chi connectivity index (χ0n) is 24.1. The van der Waals surface area contributed by atoms with Crippen LogP contribution in [-0.4, -0.2) is 51.6 Å². The molecular formula is C29H28F2N6O6S. The van der Waals surface area contributed by atoms with Crippen LogP contribution in [0.5, 0.6) is 0 Å². The summed E-state index contributed by atoms with van der Waals surface area (Å²) in [5, 5.41) is 9.66. The molecule has 230 valence electrons. The average molecular weight is 627 g/mol. The van der Waals surface area contributed by atoms with Crippen molar-refractivity contribution in [3.63, 3.8) is 0 Å². The number of para-hydroxylation sites is 1. The van der Waals surface area contributed by atoms with Gasteiger partial charge in [0.05, 0.1) is 34.0 Å². The largest absolute Gasteiger partial charge is 0.448 e. The molecule has 0 aliphatic carbocycles. The van der Waals surface area contributed by atoms with Gasteiger partial charge in [0.25, 0.3) is 11.8 Å². The van der Waals surface area contributed by atoms with E-state index in [1.807, 2.05) is 0 Å². The Morgan fingerprint density at radius 3 is 2.32 bits per heavy atom. The molecule has 44 heavy (non-hydrogen) atoms. The van der Waals surface area contributed by atoms with Crippen LogP contribution in [0.4, 0.5) is 25.1 Å². The number of ether oxygens (including phenoxy) is 1. The topological polar surface area (TPSA) is 145 Å². The molecule has 0 saturated heterocycles. The Morgan fingerprint density at radius 1 is 1.00 bits per heavy atom. The van der Waals surface area contributed by atoms with Crippen LogP contribution in [0, 0.1) is 11.6 Å². The first-order valence-electron chi connectivity index (χ1n) is 13.4. The molecule has 0 unspecified atom stereocenters. The first-order chi connectivity index (χ1) is 20.7. The maximum Gasteiger partial charge on any atom is 0.436 e. The van der Waals surface area contributed by atoms with E-state index in [1.165, 1.54) is 26.0 Å². The van der Waals surface area contributed by atoms with Gasteiger partial charge in [-0.2, -0.15) is 9.40 Å². The van der Waals surface area contributed by atoms with Crippen LogP contribution in [0.25, 0.3) is 0 Å². The van der Waals surface area contributed by atoms with E-state index < -0.39 is 56.5 Å². The highest BCUT2D eigenvalue weighted by Crippen LogP contribution is 2.45. The lowest BCUT2D eigenvalue weighted by Crippen LogP contribution is -2.41. The van der Waals surface area contributed by atoms with Gasteiger partial charge in [-0.25, -0.2) is 22.0 Å². The monoisotopic (exact) mass is 626 g/mol. The maximum atomic E-state index is 14.0. The Hall–Kier alpha value is -4.89. The van der Waals surface area contributed by atoms with E-state index >= 15 is 0 Å². The van der Waals surface area contributed by atoms with Crippen molar-refractivity contribution in [3.8, 4) is 0 Å². The standard InChI is InChI=1S/C29H28F2N6O6S/c1-5-43-28(40)37-25(33-26(38)20-9-6-7-10-22(20)32-27(39)23-11-8-12-35(23)4)21-16-36(29(2,3)24(21)34-37)44(41,42)19-14-17(30)13-18(31)15-19/h6-15H,5,16H2,1-4H3,(H,32,39)(H,33,38). The van der Waals surface area contributed by atoms with E-state index in [-0.39, 0.29) is 34.9 Å². The lowest BCUT2D eigenvalue weighted by molar-refractivity contribution is 0.101. The third kappa shape index (κ3) is 5.35. The van der Waals surface area contributed by atoms with Crippen molar-refractivity contribution in [2.24, 2.45) is 7.05 Å². The number of hydrogen-bond acceptors (Lipinski definition) is 7. The van der Waals surface area contributed by atoms with Gasteiger partial charge < -0.3 is 19.9 Å². The fourth-order valence-corrected chi connectivity index (χ4v) is 6.80. The van der Waals surface area contributed by atoms with Gasteiger partial charge in [0.2, 0.25) is 10.0 Å². The number of halogens is 2. The number of rotatable bonds is 7. The highest BCUT2D eigenvalue weighted by Gasteiger charge is 2.49. The molecule has 0 atom stereocenters. The summed E-state index contributed by atoms with van der Waals surface area (Å²) >= 11 is 0. The minimum absolute atomic E-state index is 0.0141. The zero-order valence-corrected chi connectivity index (χ0v) is 24.9. The number of anilines is 2. The van der Waals surface area contributed by atoms with E-state index in [2.05, 4.69) is 15.7 Å². The third-order valence-corrected chi connectivity index (χ3v) is 9.18. The molecule has 1 aliphatic heterocycles. The molecule has 15 heteroatoms. The molecule has 0 saturated carbocycles. The van der Waals surface area contributed by atoms with Gasteiger partial charge in [-0.1, -0.05) is 12.1 Å². The number of nitrogens with one attached hydrogen (secondary N) is 2.